The van der Waals surface area contributed by atoms with Crippen molar-refractivity contribution in [1.29, 1.82) is 0 Å². The van der Waals surface area contributed by atoms with Crippen LogP contribution in [0.25, 0.3) is 0 Å². The first kappa shape index (κ1) is 18.6. The summed E-state index contributed by atoms with van der Waals surface area (Å²) in [5.74, 6) is 0.591. The van der Waals surface area contributed by atoms with Crippen LogP contribution in [-0.4, -0.2) is 58.4 Å². The van der Waals surface area contributed by atoms with E-state index >= 15 is 0 Å². The van der Waals surface area contributed by atoms with E-state index in [0.29, 0.717) is 23.6 Å². The minimum atomic E-state index is -0.197. The summed E-state index contributed by atoms with van der Waals surface area (Å²) in [6, 6.07) is 0. The number of hydrogen-bond acceptors (Lipinski definition) is 4. The second-order valence-corrected chi connectivity index (χ2v) is 6.62. The molecule has 2 heterocycles. The van der Waals surface area contributed by atoms with Crippen molar-refractivity contribution in [2.24, 2.45) is 0 Å². The Morgan fingerprint density at radius 1 is 1.21 bits per heavy atom. The largest absolute Gasteiger partial charge is 0.341 e. The number of aromatic nitrogens is 2. The Kier molecular flexibility index (Phi) is 6.97. The molecule has 1 aliphatic rings. The van der Waals surface area contributed by atoms with Crippen molar-refractivity contribution < 1.29 is 4.79 Å². The van der Waals surface area contributed by atoms with Crippen molar-refractivity contribution >= 4 is 5.91 Å². The van der Waals surface area contributed by atoms with Crippen LogP contribution in [0.5, 0.6) is 0 Å². The second-order valence-electron chi connectivity index (χ2n) is 6.62. The van der Waals surface area contributed by atoms with E-state index in [-0.39, 0.29) is 17.9 Å². The summed E-state index contributed by atoms with van der Waals surface area (Å²) in [6.07, 6.45) is 5.26. The molecule has 0 bridgehead atoms. The van der Waals surface area contributed by atoms with Crippen LogP contribution in [-0.2, 0) is 11.2 Å². The van der Waals surface area contributed by atoms with Crippen LogP contribution >= 0.6 is 0 Å². The van der Waals surface area contributed by atoms with E-state index in [4.69, 9.17) is 0 Å². The van der Waals surface area contributed by atoms with Gasteiger partial charge in [0.05, 0.1) is 6.42 Å². The third-order valence-electron chi connectivity index (χ3n) is 4.79. The number of amides is 1. The van der Waals surface area contributed by atoms with Gasteiger partial charge in [0.25, 0.3) is 5.56 Å². The fourth-order valence-corrected chi connectivity index (χ4v) is 3.30. The molecule has 2 rings (SSSR count). The number of carbonyl (C=O) groups excluding carboxylic acids is 1. The average Bonchev–Trinajstić information content (AvgIpc) is 2.80. The second kappa shape index (κ2) is 8.97. The van der Waals surface area contributed by atoms with Gasteiger partial charge in [0, 0.05) is 30.9 Å². The molecule has 1 saturated heterocycles. The van der Waals surface area contributed by atoms with E-state index < -0.39 is 0 Å². The predicted octanol–water partition coefficient (Wildman–Crippen LogP) is 1.65. The number of nitrogens with one attached hydrogen (secondary N) is 1. The van der Waals surface area contributed by atoms with Crippen LogP contribution in [0.2, 0.25) is 0 Å². The van der Waals surface area contributed by atoms with Crippen molar-refractivity contribution in [3.05, 3.63) is 27.4 Å². The van der Waals surface area contributed by atoms with E-state index in [2.05, 4.69) is 14.9 Å². The monoisotopic (exact) mass is 334 g/mol. The number of likely N-dealkylation sites (N-methyl/N-ethyl adjacent to an activating group) is 1. The molecule has 1 N–H and O–H groups in total. The lowest BCUT2D eigenvalue weighted by molar-refractivity contribution is -0.130. The van der Waals surface area contributed by atoms with E-state index in [1.807, 2.05) is 11.8 Å². The molecule has 0 aliphatic carbocycles. The molecule has 0 unspecified atom stereocenters. The van der Waals surface area contributed by atoms with Crippen LogP contribution in [0.15, 0.2) is 4.79 Å². The smallest absolute Gasteiger partial charge is 0.254 e. The van der Waals surface area contributed by atoms with E-state index in [0.717, 1.165) is 26.2 Å². The molecule has 0 aromatic carbocycles. The molecular formula is C18H30N4O2. The van der Waals surface area contributed by atoms with Crippen molar-refractivity contribution in [2.75, 3.05) is 32.7 Å². The fraction of sp³-hybridized carbons (Fsp3) is 0.722. The lowest BCUT2D eigenvalue weighted by Gasteiger charge is -2.26. The fourth-order valence-electron chi connectivity index (χ4n) is 3.30. The Hall–Kier alpha value is -1.69. The molecule has 0 spiro atoms. The number of nitrogens with zero attached hydrogens (tertiary/aromatic N) is 3. The van der Waals surface area contributed by atoms with Gasteiger partial charge in [-0.1, -0.05) is 12.8 Å². The molecule has 0 radical (unpaired) electrons. The highest BCUT2D eigenvalue weighted by molar-refractivity contribution is 5.78. The summed E-state index contributed by atoms with van der Waals surface area (Å²) in [4.78, 5) is 35.9. The van der Waals surface area contributed by atoms with Crippen LogP contribution in [0.1, 0.15) is 49.7 Å². The van der Waals surface area contributed by atoms with Gasteiger partial charge in [-0.3, -0.25) is 9.59 Å². The molecular weight excluding hydrogens is 304 g/mol. The predicted molar refractivity (Wildman–Crippen MR) is 95.2 cm³/mol. The summed E-state index contributed by atoms with van der Waals surface area (Å²) in [5.41, 5.74) is 0.934. The van der Waals surface area contributed by atoms with Gasteiger partial charge in [0.15, 0.2) is 0 Å². The molecule has 6 nitrogen and oxygen atoms in total. The summed E-state index contributed by atoms with van der Waals surface area (Å²) in [5, 5.41) is 0. The van der Waals surface area contributed by atoms with Crippen molar-refractivity contribution in [2.45, 2.75) is 52.9 Å². The molecule has 6 heteroatoms. The number of rotatable bonds is 6. The van der Waals surface area contributed by atoms with Crippen molar-refractivity contribution in [3.63, 3.8) is 0 Å². The highest BCUT2D eigenvalue weighted by Crippen LogP contribution is 2.10. The molecule has 1 aromatic rings. The molecule has 24 heavy (non-hydrogen) atoms. The molecule has 1 fully saturated rings. The first-order chi connectivity index (χ1) is 11.5. The summed E-state index contributed by atoms with van der Waals surface area (Å²) >= 11 is 0. The lowest BCUT2D eigenvalue weighted by Crippen LogP contribution is -2.40. The zero-order valence-corrected chi connectivity index (χ0v) is 15.2. The number of aryl methyl sites for hydroxylation is 2. The summed E-state index contributed by atoms with van der Waals surface area (Å²) in [7, 11) is 0. The van der Waals surface area contributed by atoms with E-state index in [1.165, 1.54) is 25.7 Å². The Balaban J connectivity index is 1.95. The lowest BCUT2D eigenvalue weighted by atomic mass is 10.1. The number of hydrogen-bond donors (Lipinski definition) is 1. The van der Waals surface area contributed by atoms with E-state index in [9.17, 15) is 9.59 Å². The normalized spacial score (nSPS) is 16.0. The van der Waals surface area contributed by atoms with Crippen LogP contribution in [0, 0.1) is 13.8 Å². The van der Waals surface area contributed by atoms with Crippen molar-refractivity contribution in [1.82, 2.24) is 19.8 Å². The Labute approximate surface area is 144 Å². The number of aromatic amines is 1. The third kappa shape index (κ3) is 5.16. The number of likely N-dealkylation sites (tertiary alicyclic amines) is 1. The molecule has 0 atom stereocenters. The van der Waals surface area contributed by atoms with Gasteiger partial charge in [-0.25, -0.2) is 4.98 Å². The zero-order chi connectivity index (χ0) is 17.5. The minimum absolute atomic E-state index is 0.00609. The van der Waals surface area contributed by atoms with E-state index in [1.54, 1.807) is 13.8 Å². The summed E-state index contributed by atoms with van der Waals surface area (Å²) in [6.45, 7) is 10.1. The van der Waals surface area contributed by atoms with Crippen molar-refractivity contribution in [3.8, 4) is 0 Å². The SMILES string of the molecule is CCN(CCN1CCCCCC1)C(=O)Cc1c(C)nc(C)[nH]c1=O. The van der Waals surface area contributed by atoms with Gasteiger partial charge in [-0.2, -0.15) is 0 Å². The first-order valence-corrected chi connectivity index (χ1v) is 9.07. The maximum atomic E-state index is 12.6. The molecule has 0 saturated carbocycles. The number of H-pyrrole nitrogens is 1. The minimum Gasteiger partial charge on any atom is -0.341 e. The number of carbonyl (C=O) groups is 1. The highest BCUT2D eigenvalue weighted by atomic mass is 16.2. The molecule has 1 amide bonds. The van der Waals surface area contributed by atoms with Gasteiger partial charge in [0.1, 0.15) is 5.82 Å². The average molecular weight is 334 g/mol. The molecule has 134 valence electrons. The van der Waals surface area contributed by atoms with Crippen LogP contribution in [0.4, 0.5) is 0 Å². The maximum Gasteiger partial charge on any atom is 0.254 e. The topological polar surface area (TPSA) is 69.3 Å². The van der Waals surface area contributed by atoms with Gasteiger partial charge in [-0.15, -0.1) is 0 Å². The standard InChI is InChI=1S/C18H30N4O2/c1-4-22(12-11-21-9-7-5-6-8-10-21)17(23)13-16-14(2)19-15(3)20-18(16)24/h4-13H2,1-3H3,(H,19,20,24). The summed E-state index contributed by atoms with van der Waals surface area (Å²) < 4.78 is 0. The maximum absolute atomic E-state index is 12.6. The highest BCUT2D eigenvalue weighted by Gasteiger charge is 2.18. The van der Waals surface area contributed by atoms with Crippen LogP contribution < -0.4 is 5.56 Å². The molecule has 1 aromatic heterocycles. The van der Waals surface area contributed by atoms with Gasteiger partial charge >= 0.3 is 0 Å². The first-order valence-electron chi connectivity index (χ1n) is 9.07. The van der Waals surface area contributed by atoms with Gasteiger partial charge in [0.2, 0.25) is 5.91 Å². The Morgan fingerprint density at radius 2 is 1.88 bits per heavy atom. The van der Waals surface area contributed by atoms with Gasteiger partial charge < -0.3 is 14.8 Å². The van der Waals surface area contributed by atoms with Crippen LogP contribution in [0.3, 0.4) is 0 Å². The third-order valence-corrected chi connectivity index (χ3v) is 4.79. The quantitative estimate of drug-likeness (QED) is 0.859. The van der Waals surface area contributed by atoms with Gasteiger partial charge in [-0.05, 0) is 46.7 Å². The zero-order valence-electron chi connectivity index (χ0n) is 15.2. The molecule has 1 aliphatic heterocycles. The Morgan fingerprint density at radius 3 is 2.46 bits per heavy atom. The Bertz CT molecular complexity index is 604.